The van der Waals surface area contributed by atoms with Crippen LogP contribution in [0.4, 0.5) is 0 Å². The average molecular weight is 214 g/mol. The summed E-state index contributed by atoms with van der Waals surface area (Å²) in [4.78, 5) is 11.1. The van der Waals surface area contributed by atoms with Crippen molar-refractivity contribution < 1.29 is 9.53 Å². The van der Waals surface area contributed by atoms with E-state index in [1.54, 1.807) is 0 Å². The van der Waals surface area contributed by atoms with Crippen LogP contribution in [-0.2, 0) is 9.53 Å². The van der Waals surface area contributed by atoms with Gasteiger partial charge in [0.1, 0.15) is 0 Å². The maximum Gasteiger partial charge on any atom is 0.309 e. The van der Waals surface area contributed by atoms with Crippen molar-refractivity contribution in [2.45, 2.75) is 31.4 Å². The molecule has 0 N–H and O–H groups in total. The second-order valence-electron chi connectivity index (χ2n) is 3.66. The Labute approximate surface area is 90.1 Å². The summed E-state index contributed by atoms with van der Waals surface area (Å²) in [6, 6.07) is 0. The summed E-state index contributed by atoms with van der Waals surface area (Å²) in [5.41, 5.74) is 0. The number of thioether (sulfide) groups is 1. The highest BCUT2D eigenvalue weighted by molar-refractivity contribution is 8.00. The van der Waals surface area contributed by atoms with Crippen molar-refractivity contribution in [3.63, 3.8) is 0 Å². The molecule has 0 amide bonds. The summed E-state index contributed by atoms with van der Waals surface area (Å²) in [5, 5.41) is 0.607. The van der Waals surface area contributed by atoms with Crippen LogP contribution in [0.1, 0.15) is 26.2 Å². The van der Waals surface area contributed by atoms with Crippen LogP contribution >= 0.6 is 11.8 Å². The number of carbonyl (C=O) groups excluding carboxylic acids is 1. The number of methoxy groups -OCH3 is 1. The van der Waals surface area contributed by atoms with Crippen molar-refractivity contribution >= 4 is 17.7 Å². The van der Waals surface area contributed by atoms with E-state index in [0.29, 0.717) is 5.25 Å². The third-order valence-corrected chi connectivity index (χ3v) is 3.89. The summed E-state index contributed by atoms with van der Waals surface area (Å²) in [6.45, 7) is 1.92. The van der Waals surface area contributed by atoms with Crippen molar-refractivity contribution in [2.75, 3.05) is 12.9 Å². The van der Waals surface area contributed by atoms with Crippen molar-refractivity contribution in [2.24, 2.45) is 5.92 Å². The van der Waals surface area contributed by atoms with Crippen LogP contribution in [0.15, 0.2) is 12.2 Å². The van der Waals surface area contributed by atoms with E-state index in [0.717, 1.165) is 5.75 Å². The highest BCUT2D eigenvalue weighted by Crippen LogP contribution is 2.25. The fourth-order valence-electron chi connectivity index (χ4n) is 1.46. The Balaban J connectivity index is 2.22. The number of allylic oxidation sites excluding steroid dienone is 1. The molecule has 0 saturated heterocycles. The minimum atomic E-state index is -0.0997. The molecule has 0 aromatic carbocycles. The van der Waals surface area contributed by atoms with E-state index < -0.39 is 0 Å². The maximum absolute atomic E-state index is 11.1. The third-order valence-electron chi connectivity index (χ3n) is 2.37. The topological polar surface area (TPSA) is 26.3 Å². The maximum atomic E-state index is 11.1. The average Bonchev–Trinajstić information content (AvgIpc) is 2.26. The van der Waals surface area contributed by atoms with Crippen LogP contribution in [-0.4, -0.2) is 24.1 Å². The largest absolute Gasteiger partial charge is 0.469 e. The molecular formula is C11H18O2S. The van der Waals surface area contributed by atoms with Crippen molar-refractivity contribution in [1.82, 2.24) is 0 Å². The molecule has 0 aliphatic heterocycles. The molecule has 2 atom stereocenters. The number of hydrogen-bond donors (Lipinski definition) is 0. The second-order valence-corrected chi connectivity index (χ2v) is 4.93. The fourth-order valence-corrected chi connectivity index (χ4v) is 2.68. The third kappa shape index (κ3) is 3.74. The lowest BCUT2D eigenvalue weighted by atomic mass is 10.1. The summed E-state index contributed by atoms with van der Waals surface area (Å²) < 4.78 is 4.68. The Morgan fingerprint density at radius 2 is 2.50 bits per heavy atom. The highest BCUT2D eigenvalue weighted by atomic mass is 32.2. The molecule has 2 nitrogen and oxygen atoms in total. The van der Waals surface area contributed by atoms with Crippen molar-refractivity contribution in [3.05, 3.63) is 12.2 Å². The number of carbonyl (C=O) groups is 1. The van der Waals surface area contributed by atoms with Crippen LogP contribution in [0, 0.1) is 5.92 Å². The van der Waals surface area contributed by atoms with Crippen LogP contribution in [0.5, 0.6) is 0 Å². The molecular weight excluding hydrogens is 196 g/mol. The van der Waals surface area contributed by atoms with Gasteiger partial charge in [0.2, 0.25) is 0 Å². The first-order chi connectivity index (χ1) is 6.74. The van der Waals surface area contributed by atoms with E-state index in [-0.39, 0.29) is 11.9 Å². The lowest BCUT2D eigenvalue weighted by molar-refractivity contribution is -0.143. The predicted molar refractivity (Wildman–Crippen MR) is 60.4 cm³/mol. The zero-order valence-corrected chi connectivity index (χ0v) is 9.68. The van der Waals surface area contributed by atoms with Gasteiger partial charge < -0.3 is 4.74 Å². The van der Waals surface area contributed by atoms with Gasteiger partial charge in [-0.15, -0.1) is 0 Å². The van der Waals surface area contributed by atoms with Gasteiger partial charge in [-0.05, 0) is 19.3 Å². The van der Waals surface area contributed by atoms with E-state index in [2.05, 4.69) is 16.9 Å². The molecule has 1 rings (SSSR count). The van der Waals surface area contributed by atoms with E-state index in [1.807, 2.05) is 18.7 Å². The molecule has 0 aromatic rings. The molecule has 0 spiro atoms. The summed E-state index contributed by atoms with van der Waals surface area (Å²) in [5.74, 6) is 0.777. The number of rotatable bonds is 4. The Morgan fingerprint density at radius 3 is 3.07 bits per heavy atom. The quantitative estimate of drug-likeness (QED) is 0.531. The van der Waals surface area contributed by atoms with Crippen LogP contribution in [0.25, 0.3) is 0 Å². The monoisotopic (exact) mass is 214 g/mol. The molecule has 80 valence electrons. The molecule has 1 aliphatic rings. The Hall–Kier alpha value is -0.440. The Morgan fingerprint density at radius 1 is 1.71 bits per heavy atom. The smallest absolute Gasteiger partial charge is 0.309 e. The van der Waals surface area contributed by atoms with Gasteiger partial charge in [-0.25, -0.2) is 0 Å². The van der Waals surface area contributed by atoms with Crippen LogP contribution in [0.2, 0.25) is 0 Å². The lowest BCUT2D eigenvalue weighted by Gasteiger charge is -2.17. The molecule has 0 fully saturated rings. The molecule has 1 aliphatic carbocycles. The van der Waals surface area contributed by atoms with Gasteiger partial charge in [0, 0.05) is 11.0 Å². The summed E-state index contributed by atoms with van der Waals surface area (Å²) >= 11 is 1.86. The molecule has 2 unspecified atom stereocenters. The SMILES string of the molecule is COC(=O)C(C)CSC1C=CCCC1. The molecule has 0 saturated carbocycles. The van der Waals surface area contributed by atoms with Crippen molar-refractivity contribution in [1.29, 1.82) is 0 Å². The second kappa shape index (κ2) is 6.12. The summed E-state index contributed by atoms with van der Waals surface area (Å²) in [7, 11) is 1.45. The van der Waals surface area contributed by atoms with E-state index in [9.17, 15) is 4.79 Å². The fraction of sp³-hybridized carbons (Fsp3) is 0.727. The molecule has 3 heteroatoms. The van der Waals surface area contributed by atoms with Gasteiger partial charge in [0.25, 0.3) is 0 Å². The first kappa shape index (κ1) is 11.6. The summed E-state index contributed by atoms with van der Waals surface area (Å²) in [6.07, 6.45) is 8.24. The van der Waals surface area contributed by atoms with E-state index in [4.69, 9.17) is 0 Å². The van der Waals surface area contributed by atoms with Crippen LogP contribution < -0.4 is 0 Å². The molecule has 0 aromatic heterocycles. The zero-order valence-electron chi connectivity index (χ0n) is 8.86. The van der Waals surface area contributed by atoms with Gasteiger partial charge in [-0.2, -0.15) is 11.8 Å². The van der Waals surface area contributed by atoms with Gasteiger partial charge in [-0.3, -0.25) is 4.79 Å². The molecule has 0 heterocycles. The number of hydrogen-bond acceptors (Lipinski definition) is 3. The normalized spacial score (nSPS) is 23.1. The predicted octanol–water partition coefficient (Wildman–Crippen LogP) is 2.64. The van der Waals surface area contributed by atoms with Gasteiger partial charge in [0.05, 0.1) is 13.0 Å². The Bertz CT molecular complexity index is 213. The highest BCUT2D eigenvalue weighted by Gasteiger charge is 2.16. The molecule has 14 heavy (non-hydrogen) atoms. The number of ether oxygens (including phenoxy) is 1. The minimum absolute atomic E-state index is 0.0142. The van der Waals surface area contributed by atoms with Gasteiger partial charge in [0.15, 0.2) is 0 Å². The number of esters is 1. The first-order valence-electron chi connectivity index (χ1n) is 5.10. The molecule has 0 bridgehead atoms. The van der Waals surface area contributed by atoms with Gasteiger partial charge >= 0.3 is 5.97 Å². The Kier molecular flexibility index (Phi) is 5.09. The first-order valence-corrected chi connectivity index (χ1v) is 6.15. The van der Waals surface area contributed by atoms with Gasteiger partial charge in [-0.1, -0.05) is 19.1 Å². The minimum Gasteiger partial charge on any atom is -0.469 e. The standard InChI is InChI=1S/C11H18O2S/c1-9(11(12)13-2)8-14-10-6-4-3-5-7-10/h4,6,9-10H,3,5,7-8H2,1-2H3. The van der Waals surface area contributed by atoms with Crippen LogP contribution in [0.3, 0.4) is 0 Å². The molecule has 0 radical (unpaired) electrons. The zero-order chi connectivity index (χ0) is 10.4. The van der Waals surface area contributed by atoms with E-state index >= 15 is 0 Å². The lowest BCUT2D eigenvalue weighted by Crippen LogP contribution is -2.16. The van der Waals surface area contributed by atoms with Crippen molar-refractivity contribution in [3.8, 4) is 0 Å². The van der Waals surface area contributed by atoms with E-state index in [1.165, 1.54) is 26.4 Å².